The van der Waals surface area contributed by atoms with Gasteiger partial charge in [0, 0.05) is 26.2 Å². The summed E-state index contributed by atoms with van der Waals surface area (Å²) in [5, 5.41) is 35.0. The fourth-order valence-electron chi connectivity index (χ4n) is 2.36. The molecular weight excluding hydrogens is 384 g/mol. The zero-order valence-electron chi connectivity index (χ0n) is 15.2. The Morgan fingerprint density at radius 3 is 0.889 bits per heavy atom. The molecule has 0 saturated carbocycles. The van der Waals surface area contributed by atoms with Gasteiger partial charge in [-0.3, -0.25) is 19.2 Å². The molecule has 0 aromatic carbocycles. The molecule has 0 fully saturated rings. The molecule has 158 valence electrons. The van der Waals surface area contributed by atoms with Crippen molar-refractivity contribution in [2.75, 3.05) is 39.3 Å². The van der Waals surface area contributed by atoms with Crippen molar-refractivity contribution in [3.8, 4) is 0 Å². The van der Waals surface area contributed by atoms with Gasteiger partial charge in [-0.05, 0) is 25.9 Å². The minimum Gasteiger partial charge on any atom is -0.481 e. The third-order valence-electron chi connectivity index (χ3n) is 3.77. The maximum absolute atomic E-state index is 10.7. The van der Waals surface area contributed by atoms with Crippen molar-refractivity contribution < 1.29 is 39.6 Å². The van der Waals surface area contributed by atoms with Crippen LogP contribution in [-0.2, 0) is 19.2 Å². The lowest BCUT2D eigenvalue weighted by molar-refractivity contribution is -0.139. The van der Waals surface area contributed by atoms with Gasteiger partial charge in [-0.25, -0.2) is 0 Å². The average Bonchev–Trinajstić information content (AvgIpc) is 2.54. The molecule has 0 aliphatic heterocycles. The smallest absolute Gasteiger partial charge is 0.304 e. The van der Waals surface area contributed by atoms with Crippen LogP contribution in [-0.4, -0.2) is 93.4 Å². The van der Waals surface area contributed by atoms with E-state index < -0.39 is 23.9 Å². The molecule has 0 aromatic rings. The van der Waals surface area contributed by atoms with E-state index >= 15 is 0 Å². The highest BCUT2D eigenvalue weighted by molar-refractivity contribution is 5.85. The van der Waals surface area contributed by atoms with E-state index in [1.807, 2.05) is 0 Å². The summed E-state index contributed by atoms with van der Waals surface area (Å²) in [7, 11) is 0. The van der Waals surface area contributed by atoms with Crippen LogP contribution in [0.4, 0.5) is 0 Å². The van der Waals surface area contributed by atoms with Crippen LogP contribution in [0, 0.1) is 0 Å². The lowest BCUT2D eigenvalue weighted by atomic mass is 10.2. The Morgan fingerprint density at radius 1 is 0.481 bits per heavy atom. The van der Waals surface area contributed by atoms with Gasteiger partial charge in [0.2, 0.25) is 0 Å². The van der Waals surface area contributed by atoms with E-state index in [0.29, 0.717) is 25.9 Å². The van der Waals surface area contributed by atoms with E-state index in [4.69, 9.17) is 20.4 Å². The minimum absolute atomic E-state index is 0. The predicted octanol–water partition coefficient (Wildman–Crippen LogP) is 0.691. The number of unbranched alkanes of at least 4 members (excludes halogenated alkanes) is 1. The Hall–Kier alpha value is -1.91. The molecular formula is C16H29ClN2O8. The number of rotatable bonds is 17. The zero-order chi connectivity index (χ0) is 19.9. The molecule has 0 amide bonds. The molecule has 4 N–H and O–H groups in total. The fraction of sp³-hybridized carbons (Fsp3) is 0.750. The van der Waals surface area contributed by atoms with Crippen molar-refractivity contribution in [3.63, 3.8) is 0 Å². The SMILES string of the molecule is Cl.O=C(O)CCN(CCCCN(CCC(=O)O)CCC(=O)O)CCC(=O)O. The van der Waals surface area contributed by atoms with Crippen molar-refractivity contribution in [2.45, 2.75) is 38.5 Å². The monoisotopic (exact) mass is 412 g/mol. The second kappa shape index (κ2) is 16.3. The lowest BCUT2D eigenvalue weighted by Crippen LogP contribution is -2.32. The van der Waals surface area contributed by atoms with Crippen LogP contribution in [0.3, 0.4) is 0 Å². The first-order valence-electron chi connectivity index (χ1n) is 8.52. The van der Waals surface area contributed by atoms with Gasteiger partial charge in [-0.15, -0.1) is 12.4 Å². The molecule has 27 heavy (non-hydrogen) atoms. The van der Waals surface area contributed by atoms with E-state index in [9.17, 15) is 19.2 Å². The minimum atomic E-state index is -0.946. The number of hydrogen-bond donors (Lipinski definition) is 4. The molecule has 0 saturated heterocycles. The van der Waals surface area contributed by atoms with Crippen molar-refractivity contribution in [1.82, 2.24) is 9.80 Å². The van der Waals surface area contributed by atoms with Crippen molar-refractivity contribution >= 4 is 36.3 Å². The largest absolute Gasteiger partial charge is 0.481 e. The summed E-state index contributed by atoms with van der Waals surface area (Å²) in [5.74, 6) is -3.78. The number of carboxylic acid groups (broad SMARTS) is 4. The van der Waals surface area contributed by atoms with Crippen LogP contribution in [0.15, 0.2) is 0 Å². The van der Waals surface area contributed by atoms with Crippen LogP contribution in [0.5, 0.6) is 0 Å². The Labute approximate surface area is 164 Å². The van der Waals surface area contributed by atoms with Gasteiger partial charge in [0.05, 0.1) is 25.7 Å². The quantitative estimate of drug-likeness (QED) is 0.250. The molecule has 10 nitrogen and oxygen atoms in total. The van der Waals surface area contributed by atoms with Gasteiger partial charge in [-0.1, -0.05) is 0 Å². The van der Waals surface area contributed by atoms with Crippen LogP contribution in [0.2, 0.25) is 0 Å². The van der Waals surface area contributed by atoms with Gasteiger partial charge < -0.3 is 30.2 Å². The topological polar surface area (TPSA) is 156 Å². The van der Waals surface area contributed by atoms with E-state index in [1.165, 1.54) is 0 Å². The molecule has 11 heteroatoms. The summed E-state index contributed by atoms with van der Waals surface area (Å²) in [6.45, 7) is 2.14. The van der Waals surface area contributed by atoms with Gasteiger partial charge in [0.1, 0.15) is 0 Å². The normalized spacial score (nSPS) is 10.6. The second-order valence-corrected chi connectivity index (χ2v) is 5.97. The molecule has 0 radical (unpaired) electrons. The summed E-state index contributed by atoms with van der Waals surface area (Å²) in [4.78, 5) is 46.2. The highest BCUT2D eigenvalue weighted by Crippen LogP contribution is 2.03. The summed E-state index contributed by atoms with van der Waals surface area (Å²) in [6.07, 6.45) is 1.09. The first kappa shape index (κ1) is 27.3. The summed E-state index contributed by atoms with van der Waals surface area (Å²) in [5.41, 5.74) is 0. The summed E-state index contributed by atoms with van der Waals surface area (Å²) >= 11 is 0. The third kappa shape index (κ3) is 18.7. The third-order valence-corrected chi connectivity index (χ3v) is 3.77. The average molecular weight is 413 g/mol. The summed E-state index contributed by atoms with van der Waals surface area (Å²) < 4.78 is 0. The van der Waals surface area contributed by atoms with Crippen LogP contribution in [0.1, 0.15) is 38.5 Å². The number of carbonyl (C=O) groups is 4. The molecule has 0 aromatic heterocycles. The van der Waals surface area contributed by atoms with E-state index in [2.05, 4.69) is 0 Å². The fourth-order valence-corrected chi connectivity index (χ4v) is 2.36. The second-order valence-electron chi connectivity index (χ2n) is 5.97. The van der Waals surface area contributed by atoms with Crippen LogP contribution >= 0.6 is 12.4 Å². The standard InChI is InChI=1S/C16H28N2O8.ClH/c19-13(20)3-9-17(10-4-14(21)22)7-1-2-8-18(11-5-15(23)24)12-6-16(25)26;/h1-12H2,(H,19,20)(H,21,22)(H,23,24)(H,25,26);1H. The number of carboxylic acids is 4. The van der Waals surface area contributed by atoms with Gasteiger partial charge in [0.15, 0.2) is 0 Å². The van der Waals surface area contributed by atoms with Crippen molar-refractivity contribution in [3.05, 3.63) is 0 Å². The Morgan fingerprint density at radius 2 is 0.704 bits per heavy atom. The number of halogens is 1. The first-order chi connectivity index (χ1) is 12.2. The van der Waals surface area contributed by atoms with Crippen LogP contribution < -0.4 is 0 Å². The van der Waals surface area contributed by atoms with Gasteiger partial charge >= 0.3 is 23.9 Å². The number of aliphatic carboxylic acids is 4. The molecule has 0 spiro atoms. The maximum atomic E-state index is 10.7. The predicted molar refractivity (Wildman–Crippen MR) is 98.4 cm³/mol. The molecule has 0 aliphatic rings. The Bertz CT molecular complexity index is 397. The molecule has 0 unspecified atom stereocenters. The van der Waals surface area contributed by atoms with Crippen molar-refractivity contribution in [2.24, 2.45) is 0 Å². The molecule has 0 aliphatic carbocycles. The highest BCUT2D eigenvalue weighted by Gasteiger charge is 2.12. The summed E-state index contributed by atoms with van der Waals surface area (Å²) in [6, 6.07) is 0. The first-order valence-corrected chi connectivity index (χ1v) is 8.52. The van der Waals surface area contributed by atoms with Gasteiger partial charge in [0.25, 0.3) is 0 Å². The van der Waals surface area contributed by atoms with E-state index in [1.54, 1.807) is 9.80 Å². The van der Waals surface area contributed by atoms with Crippen LogP contribution in [0.25, 0.3) is 0 Å². The zero-order valence-corrected chi connectivity index (χ0v) is 16.0. The van der Waals surface area contributed by atoms with Gasteiger partial charge in [-0.2, -0.15) is 0 Å². The number of nitrogens with zero attached hydrogens (tertiary/aromatic N) is 2. The number of hydrogen-bond acceptors (Lipinski definition) is 6. The van der Waals surface area contributed by atoms with E-state index in [0.717, 1.165) is 0 Å². The lowest BCUT2D eigenvalue weighted by Gasteiger charge is -2.23. The molecule has 0 heterocycles. The highest BCUT2D eigenvalue weighted by atomic mass is 35.5. The van der Waals surface area contributed by atoms with E-state index in [-0.39, 0.29) is 64.3 Å². The Balaban J connectivity index is 0. The molecule has 0 atom stereocenters. The maximum Gasteiger partial charge on any atom is 0.304 e. The molecule has 0 rings (SSSR count). The van der Waals surface area contributed by atoms with Crippen molar-refractivity contribution in [1.29, 1.82) is 0 Å². The Kier molecular flexibility index (Phi) is 16.5. The molecule has 0 bridgehead atoms.